The summed E-state index contributed by atoms with van der Waals surface area (Å²) >= 11 is 6.01. The van der Waals surface area contributed by atoms with Crippen molar-refractivity contribution in [2.24, 2.45) is 0 Å². The van der Waals surface area contributed by atoms with Crippen molar-refractivity contribution in [1.82, 2.24) is 14.9 Å². The SMILES string of the molecule is Cc1cc(C(C)Nc2ccc(Cl)nc2C(=O)NS(C)(=O)=O)c2oc(-c3ccccc3)c(-c3cnoc3)c(=O)c2c1. The molecule has 2 aromatic carbocycles. The van der Waals surface area contributed by atoms with E-state index in [1.807, 2.05) is 55.0 Å². The number of fused-ring (bicyclic) bond motifs is 1. The molecule has 3 aromatic heterocycles. The quantitative estimate of drug-likeness (QED) is 0.245. The van der Waals surface area contributed by atoms with Crippen LogP contribution < -0.4 is 15.5 Å². The van der Waals surface area contributed by atoms with Crippen molar-refractivity contribution in [3.8, 4) is 22.5 Å². The molecule has 2 N–H and O–H groups in total. The molecule has 0 spiro atoms. The number of rotatable bonds is 7. The molecule has 0 radical (unpaired) electrons. The van der Waals surface area contributed by atoms with Gasteiger partial charge in [0.15, 0.2) is 5.69 Å². The molecule has 0 saturated heterocycles. The van der Waals surface area contributed by atoms with Crippen LogP contribution in [0.5, 0.6) is 0 Å². The smallest absolute Gasteiger partial charge is 0.285 e. The Hall–Kier alpha value is -4.48. The number of carbonyl (C=O) groups is 1. The highest BCUT2D eigenvalue weighted by molar-refractivity contribution is 7.89. The molecular formula is C28H23ClN4O6S. The van der Waals surface area contributed by atoms with E-state index in [4.69, 9.17) is 20.5 Å². The summed E-state index contributed by atoms with van der Waals surface area (Å²) in [6, 6.07) is 15.3. The van der Waals surface area contributed by atoms with Gasteiger partial charge in [-0.25, -0.2) is 18.1 Å². The topological polar surface area (TPSA) is 144 Å². The number of pyridine rings is 1. The Bertz CT molecular complexity index is 1910. The number of hydrogen-bond donors (Lipinski definition) is 2. The van der Waals surface area contributed by atoms with E-state index in [1.54, 1.807) is 6.07 Å². The number of nitrogens with zero attached hydrogens (tertiary/aromatic N) is 2. The van der Waals surface area contributed by atoms with E-state index in [2.05, 4.69) is 15.5 Å². The Morgan fingerprint density at radius 3 is 2.50 bits per heavy atom. The van der Waals surface area contributed by atoms with Gasteiger partial charge in [0.1, 0.15) is 22.8 Å². The van der Waals surface area contributed by atoms with Crippen LogP contribution >= 0.6 is 11.6 Å². The lowest BCUT2D eigenvalue weighted by Crippen LogP contribution is -2.31. The Balaban J connectivity index is 1.67. The van der Waals surface area contributed by atoms with Crippen LogP contribution in [0.3, 0.4) is 0 Å². The maximum Gasteiger partial charge on any atom is 0.285 e. The number of aryl methyl sites for hydroxylation is 1. The molecule has 204 valence electrons. The minimum absolute atomic E-state index is 0.0117. The Morgan fingerprint density at radius 1 is 1.07 bits per heavy atom. The number of benzene rings is 2. The molecule has 0 saturated carbocycles. The predicted molar refractivity (Wildman–Crippen MR) is 152 cm³/mol. The zero-order valence-electron chi connectivity index (χ0n) is 21.6. The summed E-state index contributed by atoms with van der Waals surface area (Å²) < 4.78 is 36.8. The van der Waals surface area contributed by atoms with Gasteiger partial charge in [0.05, 0.1) is 35.1 Å². The van der Waals surface area contributed by atoms with Crippen LogP contribution in [0.15, 0.2) is 80.8 Å². The average Bonchev–Trinajstić information content (AvgIpc) is 3.43. The maximum atomic E-state index is 13.9. The highest BCUT2D eigenvalue weighted by Crippen LogP contribution is 2.36. The number of hydrogen-bond acceptors (Lipinski definition) is 9. The van der Waals surface area contributed by atoms with E-state index >= 15 is 0 Å². The van der Waals surface area contributed by atoms with Gasteiger partial charge in [0, 0.05) is 16.7 Å². The molecule has 1 amide bonds. The largest absolute Gasteiger partial charge is 0.455 e. The zero-order chi connectivity index (χ0) is 28.6. The van der Waals surface area contributed by atoms with E-state index in [-0.39, 0.29) is 22.0 Å². The van der Waals surface area contributed by atoms with Crippen molar-refractivity contribution in [3.63, 3.8) is 0 Å². The summed E-state index contributed by atoms with van der Waals surface area (Å²) in [7, 11) is -3.85. The van der Waals surface area contributed by atoms with E-state index in [1.165, 1.54) is 24.6 Å². The van der Waals surface area contributed by atoms with Gasteiger partial charge in [0.25, 0.3) is 5.91 Å². The van der Waals surface area contributed by atoms with Crippen LogP contribution in [0.1, 0.15) is 34.6 Å². The van der Waals surface area contributed by atoms with Crippen molar-refractivity contribution < 1.29 is 22.2 Å². The maximum absolute atomic E-state index is 13.9. The molecule has 5 rings (SSSR count). The molecular weight excluding hydrogens is 556 g/mol. The Morgan fingerprint density at radius 2 is 1.82 bits per heavy atom. The minimum Gasteiger partial charge on any atom is -0.455 e. The molecule has 12 heteroatoms. The molecule has 5 aromatic rings. The van der Waals surface area contributed by atoms with Crippen LogP contribution in [-0.4, -0.2) is 30.7 Å². The summed E-state index contributed by atoms with van der Waals surface area (Å²) in [6.07, 6.45) is 3.72. The Kier molecular flexibility index (Phi) is 7.17. The van der Waals surface area contributed by atoms with Gasteiger partial charge in [-0.05, 0) is 37.6 Å². The van der Waals surface area contributed by atoms with Crippen LogP contribution in [0.25, 0.3) is 33.4 Å². The van der Waals surface area contributed by atoms with E-state index in [0.717, 1.165) is 11.8 Å². The lowest BCUT2D eigenvalue weighted by molar-refractivity contribution is 0.0977. The van der Waals surface area contributed by atoms with Gasteiger partial charge in [0.2, 0.25) is 15.5 Å². The van der Waals surface area contributed by atoms with Crippen LogP contribution in [-0.2, 0) is 10.0 Å². The fraction of sp³-hybridized carbons (Fsp3) is 0.143. The first-order valence-electron chi connectivity index (χ1n) is 12.0. The Labute approximate surface area is 234 Å². The molecule has 10 nitrogen and oxygen atoms in total. The van der Waals surface area contributed by atoms with Crippen LogP contribution in [0.4, 0.5) is 5.69 Å². The summed E-state index contributed by atoms with van der Waals surface area (Å²) in [6.45, 7) is 3.67. The third kappa shape index (κ3) is 5.47. The second kappa shape index (κ2) is 10.6. The standard InChI is InChI=1S/C28H23ClN4O6S/c1-15-11-19(16(2)31-21-9-10-22(29)32-24(21)28(35)33-40(3,36)37)27-20(12-15)25(34)23(18-13-30-38-14-18)26(39-27)17-7-5-4-6-8-17/h4-14,16,31H,1-3H3,(H,33,35). The van der Waals surface area contributed by atoms with Gasteiger partial charge < -0.3 is 14.3 Å². The number of aromatic nitrogens is 2. The lowest BCUT2D eigenvalue weighted by atomic mass is 9.96. The first-order valence-corrected chi connectivity index (χ1v) is 14.3. The number of carbonyl (C=O) groups excluding carboxylic acids is 1. The molecule has 1 atom stereocenters. The highest BCUT2D eigenvalue weighted by Gasteiger charge is 2.24. The molecule has 0 fully saturated rings. The van der Waals surface area contributed by atoms with Gasteiger partial charge in [-0.3, -0.25) is 9.59 Å². The van der Waals surface area contributed by atoms with Crippen LogP contribution in [0, 0.1) is 6.92 Å². The normalized spacial score (nSPS) is 12.3. The first-order chi connectivity index (χ1) is 19.0. The number of halogens is 1. The molecule has 3 heterocycles. The van der Waals surface area contributed by atoms with E-state index in [0.29, 0.717) is 39.0 Å². The summed E-state index contributed by atoms with van der Waals surface area (Å²) in [5, 5.41) is 7.32. The molecule has 0 aliphatic carbocycles. The monoisotopic (exact) mass is 578 g/mol. The van der Waals surface area contributed by atoms with Gasteiger partial charge in [-0.2, -0.15) is 0 Å². The van der Waals surface area contributed by atoms with Gasteiger partial charge in [-0.15, -0.1) is 0 Å². The first kappa shape index (κ1) is 27.1. The van der Waals surface area contributed by atoms with Crippen LogP contribution in [0.2, 0.25) is 5.15 Å². The third-order valence-corrected chi connectivity index (χ3v) is 6.88. The molecule has 0 aliphatic heterocycles. The van der Waals surface area contributed by atoms with E-state index < -0.39 is 22.0 Å². The fourth-order valence-corrected chi connectivity index (χ4v) is 5.01. The van der Waals surface area contributed by atoms with Gasteiger partial charge >= 0.3 is 0 Å². The second-order valence-corrected chi connectivity index (χ2v) is 11.4. The van der Waals surface area contributed by atoms with Crippen molar-refractivity contribution in [2.45, 2.75) is 19.9 Å². The van der Waals surface area contributed by atoms with Crippen molar-refractivity contribution in [3.05, 3.63) is 99.3 Å². The molecule has 0 bridgehead atoms. The highest BCUT2D eigenvalue weighted by atomic mass is 35.5. The summed E-state index contributed by atoms with van der Waals surface area (Å²) in [5.41, 5.74) is 3.03. The number of amides is 1. The predicted octanol–water partition coefficient (Wildman–Crippen LogP) is 5.33. The fourth-order valence-electron chi connectivity index (χ4n) is 4.43. The molecule has 0 aliphatic rings. The summed E-state index contributed by atoms with van der Waals surface area (Å²) in [4.78, 5) is 30.7. The van der Waals surface area contributed by atoms with E-state index in [9.17, 15) is 18.0 Å². The number of sulfonamides is 1. The van der Waals surface area contributed by atoms with Gasteiger partial charge in [-0.1, -0.05) is 53.2 Å². The second-order valence-electron chi connectivity index (χ2n) is 9.24. The van der Waals surface area contributed by atoms with Crippen molar-refractivity contribution >= 4 is 44.2 Å². The van der Waals surface area contributed by atoms with Crippen molar-refractivity contribution in [2.75, 3.05) is 11.6 Å². The third-order valence-electron chi connectivity index (χ3n) is 6.11. The summed E-state index contributed by atoms with van der Waals surface area (Å²) in [5.74, 6) is -0.593. The number of anilines is 1. The average molecular weight is 579 g/mol. The molecule has 1 unspecified atom stereocenters. The zero-order valence-corrected chi connectivity index (χ0v) is 23.1. The van der Waals surface area contributed by atoms with Crippen molar-refractivity contribution in [1.29, 1.82) is 0 Å². The number of nitrogens with one attached hydrogen (secondary N) is 2. The lowest BCUT2D eigenvalue weighted by Gasteiger charge is -2.20. The molecule has 40 heavy (non-hydrogen) atoms. The minimum atomic E-state index is -3.85.